The lowest BCUT2D eigenvalue weighted by molar-refractivity contribution is -0.870. The second-order valence-electron chi connectivity index (χ2n) is 18.9. The second-order valence-corrected chi connectivity index (χ2v) is 20.4. The molecule has 0 saturated carbocycles. The maximum atomic E-state index is 12.9. The van der Waals surface area contributed by atoms with E-state index in [1.165, 1.54) is 186 Å². The summed E-state index contributed by atoms with van der Waals surface area (Å²) in [6, 6.07) is -0.846. The standard InChI is InChI=1S/C51H101N2O6P/c1-6-8-10-12-14-16-18-20-22-24-25-26-27-29-30-32-34-36-38-40-42-44-50(54)49(48-59-60(56,57)58-47-46-53(3,4)5)52-51(55)45-43-41-39-37-35-33-31-28-23-21-19-17-15-13-11-9-7-2/h21,23,42,44,49-50,54H,6-20,22,24-41,43,45-48H2,1-5H3,(H-,52,55,56,57)/p+1/b23-21-,44-42+. The van der Waals surface area contributed by atoms with Crippen LogP contribution in [0, 0.1) is 0 Å². The average Bonchev–Trinajstić information content (AvgIpc) is 3.20. The Morgan fingerprint density at radius 2 is 0.900 bits per heavy atom. The van der Waals surface area contributed by atoms with E-state index < -0.39 is 20.0 Å². The van der Waals surface area contributed by atoms with E-state index in [-0.39, 0.29) is 19.1 Å². The van der Waals surface area contributed by atoms with Crippen molar-refractivity contribution < 1.29 is 32.9 Å². The van der Waals surface area contributed by atoms with Crippen molar-refractivity contribution in [2.75, 3.05) is 40.9 Å². The van der Waals surface area contributed by atoms with Crippen LogP contribution in [0.1, 0.15) is 245 Å². The van der Waals surface area contributed by atoms with Gasteiger partial charge in [-0.05, 0) is 44.9 Å². The lowest BCUT2D eigenvalue weighted by Crippen LogP contribution is -2.45. The van der Waals surface area contributed by atoms with Crippen LogP contribution in [0.2, 0.25) is 0 Å². The summed E-state index contributed by atoms with van der Waals surface area (Å²) in [5.74, 6) is -0.179. The number of aliphatic hydroxyl groups is 1. The van der Waals surface area contributed by atoms with E-state index >= 15 is 0 Å². The zero-order valence-corrected chi connectivity index (χ0v) is 41.4. The van der Waals surface area contributed by atoms with E-state index in [0.717, 1.165) is 38.5 Å². The molecule has 0 aliphatic rings. The first-order valence-electron chi connectivity index (χ1n) is 25.7. The Hall–Kier alpha value is -1.02. The fourth-order valence-corrected chi connectivity index (χ4v) is 8.30. The molecule has 0 aromatic carbocycles. The summed E-state index contributed by atoms with van der Waals surface area (Å²) in [5, 5.41) is 13.9. The summed E-state index contributed by atoms with van der Waals surface area (Å²) in [7, 11) is 1.58. The van der Waals surface area contributed by atoms with Crippen LogP contribution in [0.15, 0.2) is 24.3 Å². The third kappa shape index (κ3) is 45.0. The highest BCUT2D eigenvalue weighted by molar-refractivity contribution is 7.47. The van der Waals surface area contributed by atoms with Crippen molar-refractivity contribution in [3.8, 4) is 0 Å². The molecule has 0 heterocycles. The molecule has 0 aliphatic heterocycles. The Kier molecular flexibility index (Phi) is 42.5. The quantitative estimate of drug-likeness (QED) is 0.0243. The van der Waals surface area contributed by atoms with Crippen molar-refractivity contribution in [1.82, 2.24) is 5.32 Å². The number of likely N-dealkylation sites (N-methyl/N-ethyl adjacent to an activating group) is 1. The average molecular weight is 870 g/mol. The molecule has 0 radical (unpaired) electrons. The summed E-state index contributed by atoms with van der Waals surface area (Å²) in [6.07, 6.45) is 52.5. The predicted molar refractivity (Wildman–Crippen MR) is 258 cm³/mol. The summed E-state index contributed by atoms with van der Waals surface area (Å²) < 4.78 is 23.6. The van der Waals surface area contributed by atoms with Crippen LogP contribution in [-0.4, -0.2) is 73.4 Å². The van der Waals surface area contributed by atoms with Gasteiger partial charge in [-0.25, -0.2) is 4.57 Å². The van der Waals surface area contributed by atoms with E-state index in [1.54, 1.807) is 6.08 Å². The minimum absolute atomic E-state index is 0.0621. The van der Waals surface area contributed by atoms with Crippen molar-refractivity contribution in [2.24, 2.45) is 0 Å². The van der Waals surface area contributed by atoms with Crippen LogP contribution in [0.4, 0.5) is 0 Å². The van der Waals surface area contributed by atoms with Gasteiger partial charge in [0.05, 0.1) is 39.9 Å². The molecule has 0 rings (SSSR count). The van der Waals surface area contributed by atoms with Gasteiger partial charge in [-0.15, -0.1) is 0 Å². The number of hydrogen-bond donors (Lipinski definition) is 3. The van der Waals surface area contributed by atoms with Gasteiger partial charge in [-0.3, -0.25) is 13.8 Å². The Bertz CT molecular complexity index is 1030. The smallest absolute Gasteiger partial charge is 0.387 e. The van der Waals surface area contributed by atoms with Crippen molar-refractivity contribution >= 4 is 13.7 Å². The number of carbonyl (C=O) groups is 1. The number of nitrogens with zero attached hydrogens (tertiary/aromatic N) is 1. The Labute approximate surface area is 373 Å². The van der Waals surface area contributed by atoms with Crippen LogP contribution >= 0.6 is 7.82 Å². The Balaban J connectivity index is 4.31. The highest BCUT2D eigenvalue weighted by Gasteiger charge is 2.27. The fraction of sp³-hybridized carbons (Fsp3) is 0.902. The van der Waals surface area contributed by atoms with Crippen LogP contribution in [-0.2, 0) is 18.4 Å². The second kappa shape index (κ2) is 43.2. The van der Waals surface area contributed by atoms with E-state index in [0.29, 0.717) is 17.4 Å². The highest BCUT2D eigenvalue weighted by Crippen LogP contribution is 2.43. The first kappa shape index (κ1) is 59.0. The largest absolute Gasteiger partial charge is 0.472 e. The number of nitrogens with one attached hydrogen (secondary N) is 1. The molecule has 3 N–H and O–H groups in total. The number of amides is 1. The number of quaternary nitrogens is 1. The minimum atomic E-state index is -4.34. The van der Waals surface area contributed by atoms with Crippen LogP contribution in [0.3, 0.4) is 0 Å². The molecule has 356 valence electrons. The normalized spacial score (nSPS) is 14.3. The molecule has 0 aromatic rings. The topological polar surface area (TPSA) is 105 Å². The third-order valence-corrected chi connectivity index (χ3v) is 12.6. The maximum absolute atomic E-state index is 12.9. The van der Waals surface area contributed by atoms with Crippen molar-refractivity contribution in [1.29, 1.82) is 0 Å². The molecule has 3 atom stereocenters. The Morgan fingerprint density at radius 1 is 0.550 bits per heavy atom. The lowest BCUT2D eigenvalue weighted by atomic mass is 10.0. The molecule has 0 bridgehead atoms. The zero-order chi connectivity index (χ0) is 44.3. The number of phosphoric acid groups is 1. The van der Waals surface area contributed by atoms with Gasteiger partial charge in [0, 0.05) is 6.42 Å². The van der Waals surface area contributed by atoms with Gasteiger partial charge in [0.15, 0.2) is 0 Å². The molecule has 0 aliphatic carbocycles. The zero-order valence-electron chi connectivity index (χ0n) is 40.5. The summed E-state index contributed by atoms with van der Waals surface area (Å²) in [5.41, 5.74) is 0. The summed E-state index contributed by atoms with van der Waals surface area (Å²) in [6.45, 7) is 4.83. The molecular weight excluding hydrogens is 768 g/mol. The van der Waals surface area contributed by atoms with E-state index in [2.05, 4.69) is 31.3 Å². The van der Waals surface area contributed by atoms with Gasteiger partial charge in [-0.2, -0.15) is 0 Å². The fourth-order valence-electron chi connectivity index (χ4n) is 7.57. The molecule has 0 spiro atoms. The monoisotopic (exact) mass is 870 g/mol. The molecule has 0 fully saturated rings. The molecule has 8 nitrogen and oxygen atoms in total. The third-order valence-electron chi connectivity index (χ3n) is 11.7. The van der Waals surface area contributed by atoms with Crippen molar-refractivity contribution in [3.05, 3.63) is 24.3 Å². The van der Waals surface area contributed by atoms with Gasteiger partial charge in [-0.1, -0.05) is 218 Å². The maximum Gasteiger partial charge on any atom is 0.472 e. The minimum Gasteiger partial charge on any atom is -0.387 e. The number of allylic oxidation sites excluding steroid dienone is 3. The molecule has 9 heteroatoms. The molecular formula is C51H102N2O6P+. The van der Waals surface area contributed by atoms with Gasteiger partial charge < -0.3 is 19.8 Å². The van der Waals surface area contributed by atoms with E-state index in [4.69, 9.17) is 9.05 Å². The highest BCUT2D eigenvalue weighted by atomic mass is 31.2. The first-order chi connectivity index (χ1) is 29.0. The lowest BCUT2D eigenvalue weighted by Gasteiger charge is -2.25. The molecule has 3 unspecified atom stereocenters. The number of hydrogen-bond acceptors (Lipinski definition) is 5. The predicted octanol–water partition coefficient (Wildman–Crippen LogP) is 14.9. The molecule has 0 aromatic heterocycles. The number of phosphoric ester groups is 1. The molecule has 1 amide bonds. The summed E-state index contributed by atoms with van der Waals surface area (Å²) >= 11 is 0. The van der Waals surface area contributed by atoms with Crippen molar-refractivity contribution in [2.45, 2.75) is 257 Å². The Morgan fingerprint density at radius 3 is 1.28 bits per heavy atom. The van der Waals surface area contributed by atoms with Gasteiger partial charge >= 0.3 is 7.82 Å². The number of unbranched alkanes of at least 4 members (excludes halogenated alkanes) is 32. The van der Waals surface area contributed by atoms with Crippen molar-refractivity contribution in [3.63, 3.8) is 0 Å². The van der Waals surface area contributed by atoms with E-state index in [1.807, 2.05) is 27.2 Å². The van der Waals surface area contributed by atoms with Gasteiger partial charge in [0.25, 0.3) is 0 Å². The summed E-state index contributed by atoms with van der Waals surface area (Å²) in [4.78, 5) is 23.2. The van der Waals surface area contributed by atoms with E-state index in [9.17, 15) is 19.4 Å². The number of rotatable bonds is 47. The SMILES string of the molecule is CCCCCCCC/C=C\CCCCCCCCCC(=O)NC(COP(=O)(O)OCC[N+](C)(C)C)C(O)/C=C/CCCCCCCCCCCCCCCCCCCCC. The van der Waals surface area contributed by atoms with Gasteiger partial charge in [0.1, 0.15) is 13.2 Å². The number of carbonyl (C=O) groups excluding carboxylic acids is 1. The van der Waals surface area contributed by atoms with Crippen LogP contribution in [0.5, 0.6) is 0 Å². The van der Waals surface area contributed by atoms with Crippen LogP contribution in [0.25, 0.3) is 0 Å². The first-order valence-corrected chi connectivity index (χ1v) is 27.2. The molecule has 60 heavy (non-hydrogen) atoms. The van der Waals surface area contributed by atoms with Crippen LogP contribution < -0.4 is 5.32 Å². The molecule has 0 saturated heterocycles. The number of aliphatic hydroxyl groups excluding tert-OH is 1. The van der Waals surface area contributed by atoms with Gasteiger partial charge in [0.2, 0.25) is 5.91 Å².